The van der Waals surface area contributed by atoms with E-state index in [0.29, 0.717) is 10.8 Å². The third-order valence-electron chi connectivity index (χ3n) is 1.96. The number of rotatable bonds is 2. The van der Waals surface area contributed by atoms with E-state index in [9.17, 15) is 14.7 Å². The molecule has 1 heterocycles. The number of aromatic nitrogens is 1. The number of phenols is 1. The van der Waals surface area contributed by atoms with Crippen LogP contribution in [0.5, 0.6) is 5.75 Å². The molecule has 3 N–H and O–H groups in total. The minimum absolute atomic E-state index is 0.00753. The molecule has 0 aliphatic heterocycles. The molecule has 0 bridgehead atoms. The number of benzene rings is 1. The SMILES string of the molecule is O=C(Nc1cccc(O)c1)C(=O)Nc1nccs1. The summed E-state index contributed by atoms with van der Waals surface area (Å²) in [5, 5.41) is 16.0. The Balaban J connectivity index is 1.97. The van der Waals surface area contributed by atoms with Crippen LogP contribution in [-0.2, 0) is 9.59 Å². The first-order valence-electron chi connectivity index (χ1n) is 4.96. The number of aromatic hydroxyl groups is 1. The van der Waals surface area contributed by atoms with Gasteiger partial charge in [-0.05, 0) is 12.1 Å². The van der Waals surface area contributed by atoms with Gasteiger partial charge in [-0.3, -0.25) is 14.9 Å². The molecule has 0 saturated carbocycles. The normalized spacial score (nSPS) is 9.78. The first-order valence-corrected chi connectivity index (χ1v) is 5.84. The highest BCUT2D eigenvalue weighted by atomic mass is 32.1. The van der Waals surface area contributed by atoms with Crippen LogP contribution in [0, 0.1) is 0 Å². The molecule has 0 aliphatic rings. The van der Waals surface area contributed by atoms with Crippen molar-refractivity contribution in [2.75, 3.05) is 10.6 Å². The molecule has 2 aromatic rings. The summed E-state index contributed by atoms with van der Waals surface area (Å²) in [6, 6.07) is 5.93. The van der Waals surface area contributed by atoms with E-state index < -0.39 is 11.8 Å². The van der Waals surface area contributed by atoms with Crippen molar-refractivity contribution in [2.24, 2.45) is 0 Å². The first-order chi connectivity index (χ1) is 8.65. The van der Waals surface area contributed by atoms with Crippen molar-refractivity contribution < 1.29 is 14.7 Å². The van der Waals surface area contributed by atoms with Crippen LogP contribution in [-0.4, -0.2) is 21.9 Å². The lowest BCUT2D eigenvalue weighted by molar-refractivity contribution is -0.132. The smallest absolute Gasteiger partial charge is 0.315 e. The van der Waals surface area contributed by atoms with Gasteiger partial charge in [0.05, 0.1) is 0 Å². The standard InChI is InChI=1S/C11H9N3O3S/c15-8-3-1-2-7(6-8)13-9(16)10(17)14-11-12-4-5-18-11/h1-6,15H,(H,13,16)(H,12,14,17). The van der Waals surface area contributed by atoms with Crippen LogP contribution in [0.1, 0.15) is 0 Å². The molecule has 0 aliphatic carbocycles. The molecule has 7 heteroatoms. The molecule has 2 rings (SSSR count). The number of nitrogens with zero attached hydrogens (tertiary/aromatic N) is 1. The van der Waals surface area contributed by atoms with E-state index in [1.807, 2.05) is 0 Å². The Hall–Kier alpha value is -2.41. The predicted molar refractivity (Wildman–Crippen MR) is 67.5 cm³/mol. The maximum absolute atomic E-state index is 11.5. The van der Waals surface area contributed by atoms with Crippen LogP contribution in [0.25, 0.3) is 0 Å². The van der Waals surface area contributed by atoms with Gasteiger partial charge in [0.25, 0.3) is 0 Å². The Morgan fingerprint density at radius 1 is 1.22 bits per heavy atom. The van der Waals surface area contributed by atoms with E-state index in [1.165, 1.54) is 29.7 Å². The lowest BCUT2D eigenvalue weighted by atomic mass is 10.3. The number of anilines is 2. The van der Waals surface area contributed by atoms with Crippen molar-refractivity contribution in [1.82, 2.24) is 4.98 Å². The summed E-state index contributed by atoms with van der Waals surface area (Å²) in [5.74, 6) is -1.63. The number of carbonyl (C=O) groups excluding carboxylic acids is 2. The largest absolute Gasteiger partial charge is 0.508 e. The van der Waals surface area contributed by atoms with Crippen LogP contribution in [0.15, 0.2) is 35.8 Å². The second kappa shape index (κ2) is 5.28. The van der Waals surface area contributed by atoms with Crippen molar-refractivity contribution in [2.45, 2.75) is 0 Å². The number of hydrogen-bond donors (Lipinski definition) is 3. The Bertz CT molecular complexity index is 569. The van der Waals surface area contributed by atoms with E-state index in [1.54, 1.807) is 17.5 Å². The van der Waals surface area contributed by atoms with Crippen LogP contribution in [0.3, 0.4) is 0 Å². The third kappa shape index (κ3) is 3.05. The molecule has 0 saturated heterocycles. The van der Waals surface area contributed by atoms with E-state index in [4.69, 9.17) is 0 Å². The summed E-state index contributed by atoms with van der Waals surface area (Å²) in [7, 11) is 0. The van der Waals surface area contributed by atoms with Crippen molar-refractivity contribution in [1.29, 1.82) is 0 Å². The zero-order valence-electron chi connectivity index (χ0n) is 9.08. The van der Waals surface area contributed by atoms with Crippen LogP contribution in [0.2, 0.25) is 0 Å². The van der Waals surface area contributed by atoms with Gasteiger partial charge in [-0.2, -0.15) is 0 Å². The fraction of sp³-hybridized carbons (Fsp3) is 0. The summed E-state index contributed by atoms with van der Waals surface area (Å²) >= 11 is 1.21. The Morgan fingerprint density at radius 3 is 2.67 bits per heavy atom. The van der Waals surface area contributed by atoms with Gasteiger partial charge in [-0.15, -0.1) is 11.3 Å². The van der Waals surface area contributed by atoms with Crippen molar-refractivity contribution >= 4 is 34.0 Å². The van der Waals surface area contributed by atoms with Gasteiger partial charge < -0.3 is 10.4 Å². The van der Waals surface area contributed by atoms with Crippen molar-refractivity contribution in [3.05, 3.63) is 35.8 Å². The highest BCUT2D eigenvalue weighted by Gasteiger charge is 2.14. The summed E-state index contributed by atoms with van der Waals surface area (Å²) in [6.07, 6.45) is 1.52. The minimum atomic E-state index is -0.823. The average molecular weight is 263 g/mol. The van der Waals surface area contributed by atoms with E-state index in [0.717, 1.165) is 0 Å². The Kier molecular flexibility index (Phi) is 3.54. The molecule has 0 spiro atoms. The molecule has 1 aromatic carbocycles. The van der Waals surface area contributed by atoms with Gasteiger partial charge in [-0.1, -0.05) is 6.07 Å². The minimum Gasteiger partial charge on any atom is -0.508 e. The summed E-state index contributed by atoms with van der Waals surface area (Å²) in [6.45, 7) is 0. The predicted octanol–water partition coefficient (Wildman–Crippen LogP) is 1.43. The number of hydrogen-bond acceptors (Lipinski definition) is 5. The maximum atomic E-state index is 11.5. The molecule has 0 fully saturated rings. The Morgan fingerprint density at radius 2 is 2.00 bits per heavy atom. The molecule has 18 heavy (non-hydrogen) atoms. The average Bonchev–Trinajstić information content (AvgIpc) is 2.81. The van der Waals surface area contributed by atoms with E-state index >= 15 is 0 Å². The zero-order chi connectivity index (χ0) is 13.0. The number of phenolic OH excluding ortho intramolecular Hbond substituents is 1. The maximum Gasteiger partial charge on any atom is 0.315 e. The van der Waals surface area contributed by atoms with E-state index in [2.05, 4.69) is 15.6 Å². The molecule has 0 unspecified atom stereocenters. The number of amides is 2. The van der Waals surface area contributed by atoms with Gasteiger partial charge >= 0.3 is 11.8 Å². The molecule has 2 amide bonds. The first kappa shape index (κ1) is 12.1. The van der Waals surface area contributed by atoms with Gasteiger partial charge in [0.2, 0.25) is 0 Å². The molecular weight excluding hydrogens is 254 g/mol. The second-order valence-electron chi connectivity index (χ2n) is 3.30. The van der Waals surface area contributed by atoms with E-state index in [-0.39, 0.29) is 5.75 Å². The Labute approximate surface area is 106 Å². The zero-order valence-corrected chi connectivity index (χ0v) is 9.90. The molecule has 0 atom stereocenters. The van der Waals surface area contributed by atoms with Gasteiger partial charge in [0.1, 0.15) is 5.75 Å². The molecule has 1 aromatic heterocycles. The fourth-order valence-electron chi connectivity index (χ4n) is 1.21. The molecular formula is C11H9N3O3S. The summed E-state index contributed by atoms with van der Waals surface area (Å²) in [4.78, 5) is 26.8. The number of carbonyl (C=O) groups is 2. The fourth-order valence-corrected chi connectivity index (χ4v) is 1.73. The summed E-state index contributed by atoms with van der Waals surface area (Å²) < 4.78 is 0. The van der Waals surface area contributed by atoms with Crippen LogP contribution >= 0.6 is 11.3 Å². The lowest BCUT2D eigenvalue weighted by Crippen LogP contribution is -2.28. The molecule has 6 nitrogen and oxygen atoms in total. The highest BCUT2D eigenvalue weighted by Crippen LogP contribution is 2.15. The molecule has 92 valence electrons. The second-order valence-corrected chi connectivity index (χ2v) is 4.19. The van der Waals surface area contributed by atoms with Gasteiger partial charge in [-0.25, -0.2) is 4.98 Å². The number of nitrogens with one attached hydrogen (secondary N) is 2. The lowest BCUT2D eigenvalue weighted by Gasteiger charge is -2.04. The number of thiazole rings is 1. The van der Waals surface area contributed by atoms with Crippen molar-refractivity contribution in [3.8, 4) is 5.75 Å². The third-order valence-corrected chi connectivity index (χ3v) is 2.65. The van der Waals surface area contributed by atoms with Gasteiger partial charge in [0, 0.05) is 23.3 Å². The van der Waals surface area contributed by atoms with Crippen LogP contribution in [0.4, 0.5) is 10.8 Å². The molecule has 0 radical (unpaired) electrons. The topological polar surface area (TPSA) is 91.3 Å². The summed E-state index contributed by atoms with van der Waals surface area (Å²) in [5.41, 5.74) is 0.342. The van der Waals surface area contributed by atoms with Crippen molar-refractivity contribution in [3.63, 3.8) is 0 Å². The highest BCUT2D eigenvalue weighted by molar-refractivity contribution is 7.13. The monoisotopic (exact) mass is 263 g/mol. The van der Waals surface area contributed by atoms with Gasteiger partial charge in [0.15, 0.2) is 5.13 Å². The quantitative estimate of drug-likeness (QED) is 0.715. The van der Waals surface area contributed by atoms with Crippen LogP contribution < -0.4 is 10.6 Å².